The molecule has 0 spiro atoms. The van der Waals surface area contributed by atoms with Crippen LogP contribution < -0.4 is 5.32 Å². The molecule has 8 heteroatoms. The van der Waals surface area contributed by atoms with Gasteiger partial charge in [0.25, 0.3) is 5.91 Å². The molecule has 0 saturated carbocycles. The fourth-order valence-corrected chi connectivity index (χ4v) is 3.30. The van der Waals surface area contributed by atoms with Crippen LogP contribution in [0.5, 0.6) is 0 Å². The summed E-state index contributed by atoms with van der Waals surface area (Å²) >= 11 is 5.90. The number of anilines is 1. The fourth-order valence-electron chi connectivity index (χ4n) is 3.19. The number of nitrogens with zero attached hydrogens (tertiary/aromatic N) is 5. The van der Waals surface area contributed by atoms with E-state index in [4.69, 9.17) is 11.6 Å². The molecule has 3 rings (SSSR count). The Morgan fingerprint density at radius 1 is 1.21 bits per heavy atom. The van der Waals surface area contributed by atoms with Crippen LogP contribution in [0.4, 0.5) is 5.82 Å². The SMILES string of the molecule is Cc1ccc(-n2nccn2)c(C(=O)N(C)[C@H](CNc2ccc(Cl)cn2)C(C)C)c1. The summed E-state index contributed by atoms with van der Waals surface area (Å²) in [7, 11) is 1.83. The van der Waals surface area contributed by atoms with Crippen molar-refractivity contribution in [2.24, 2.45) is 5.92 Å². The van der Waals surface area contributed by atoms with Gasteiger partial charge >= 0.3 is 0 Å². The van der Waals surface area contributed by atoms with Crippen LogP contribution in [0.15, 0.2) is 48.9 Å². The Morgan fingerprint density at radius 3 is 2.55 bits per heavy atom. The highest BCUT2D eigenvalue weighted by Crippen LogP contribution is 2.20. The number of carbonyl (C=O) groups excluding carboxylic acids is 1. The maximum Gasteiger partial charge on any atom is 0.256 e. The van der Waals surface area contributed by atoms with Gasteiger partial charge in [-0.2, -0.15) is 15.0 Å². The number of aryl methyl sites for hydroxylation is 1. The van der Waals surface area contributed by atoms with Gasteiger partial charge in [-0.25, -0.2) is 4.98 Å². The number of likely N-dealkylation sites (N-methyl/N-ethyl adjacent to an activating group) is 1. The number of hydrogen-bond donors (Lipinski definition) is 1. The third-order valence-corrected chi connectivity index (χ3v) is 5.05. The zero-order valence-electron chi connectivity index (χ0n) is 17.0. The standard InChI is InChI=1S/C21H25ClN6O/c1-14(2)19(13-24-20-8-6-16(22)12-23-20)27(4)21(29)17-11-15(3)5-7-18(17)28-25-9-10-26-28/h5-12,14,19H,13H2,1-4H3,(H,23,24)/t19-/m1/s1. The second kappa shape index (κ2) is 9.05. The van der Waals surface area contributed by atoms with E-state index in [-0.39, 0.29) is 17.9 Å². The number of benzene rings is 1. The first-order valence-electron chi connectivity index (χ1n) is 9.46. The van der Waals surface area contributed by atoms with Crippen LogP contribution in [-0.4, -0.2) is 50.4 Å². The normalized spacial score (nSPS) is 12.1. The van der Waals surface area contributed by atoms with Gasteiger partial charge in [-0.1, -0.05) is 37.1 Å². The summed E-state index contributed by atoms with van der Waals surface area (Å²) in [5, 5.41) is 12.3. The van der Waals surface area contributed by atoms with Crippen molar-refractivity contribution in [3.8, 4) is 5.69 Å². The van der Waals surface area contributed by atoms with E-state index in [0.717, 1.165) is 11.4 Å². The van der Waals surface area contributed by atoms with E-state index in [1.807, 2.05) is 38.2 Å². The molecule has 0 aliphatic carbocycles. The number of rotatable bonds is 7. The number of halogens is 1. The van der Waals surface area contributed by atoms with Gasteiger partial charge in [-0.3, -0.25) is 4.79 Å². The number of amides is 1. The van der Waals surface area contributed by atoms with Crippen molar-refractivity contribution in [3.05, 3.63) is 65.1 Å². The van der Waals surface area contributed by atoms with E-state index >= 15 is 0 Å². The smallest absolute Gasteiger partial charge is 0.256 e. The number of nitrogens with one attached hydrogen (secondary N) is 1. The van der Waals surface area contributed by atoms with Gasteiger partial charge in [0, 0.05) is 19.8 Å². The van der Waals surface area contributed by atoms with Crippen LogP contribution >= 0.6 is 11.6 Å². The van der Waals surface area contributed by atoms with Crippen molar-refractivity contribution in [2.75, 3.05) is 18.9 Å². The van der Waals surface area contributed by atoms with Crippen molar-refractivity contribution >= 4 is 23.3 Å². The van der Waals surface area contributed by atoms with Crippen molar-refractivity contribution < 1.29 is 4.79 Å². The highest BCUT2D eigenvalue weighted by Gasteiger charge is 2.26. The zero-order chi connectivity index (χ0) is 21.0. The molecule has 1 N–H and O–H groups in total. The average Bonchev–Trinajstić information content (AvgIpc) is 3.23. The molecule has 2 aromatic heterocycles. The number of carbonyl (C=O) groups is 1. The first-order chi connectivity index (χ1) is 13.9. The Hall–Kier alpha value is -2.93. The molecule has 0 fully saturated rings. The lowest BCUT2D eigenvalue weighted by Gasteiger charge is -2.32. The molecule has 0 aliphatic heterocycles. The summed E-state index contributed by atoms with van der Waals surface area (Å²) in [6.45, 7) is 6.72. The predicted molar refractivity (Wildman–Crippen MR) is 115 cm³/mol. The predicted octanol–water partition coefficient (Wildman–Crippen LogP) is 3.83. The van der Waals surface area contributed by atoms with Crippen molar-refractivity contribution in [3.63, 3.8) is 0 Å². The summed E-state index contributed by atoms with van der Waals surface area (Å²) in [4.78, 5) is 20.9. The average molecular weight is 413 g/mol. The second-order valence-corrected chi connectivity index (χ2v) is 7.75. The maximum absolute atomic E-state index is 13.4. The molecule has 0 saturated heterocycles. The summed E-state index contributed by atoms with van der Waals surface area (Å²) in [6.07, 6.45) is 4.79. The van der Waals surface area contributed by atoms with Crippen LogP contribution in [0.2, 0.25) is 5.02 Å². The summed E-state index contributed by atoms with van der Waals surface area (Å²) in [5.74, 6) is 0.878. The highest BCUT2D eigenvalue weighted by atomic mass is 35.5. The zero-order valence-corrected chi connectivity index (χ0v) is 17.8. The lowest BCUT2D eigenvalue weighted by Crippen LogP contribution is -2.45. The maximum atomic E-state index is 13.4. The van der Waals surface area contributed by atoms with E-state index in [1.165, 1.54) is 4.80 Å². The van der Waals surface area contributed by atoms with Gasteiger partial charge in [-0.05, 0) is 37.1 Å². The third-order valence-electron chi connectivity index (χ3n) is 4.82. The summed E-state index contributed by atoms with van der Waals surface area (Å²) in [6, 6.07) is 9.26. The third kappa shape index (κ3) is 4.92. The minimum absolute atomic E-state index is 0.0427. The molecule has 0 radical (unpaired) electrons. The largest absolute Gasteiger partial charge is 0.368 e. The molecule has 1 aromatic carbocycles. The molecular weight excluding hydrogens is 388 g/mol. The van der Waals surface area contributed by atoms with Crippen molar-refractivity contribution in [1.29, 1.82) is 0 Å². The fraction of sp³-hybridized carbons (Fsp3) is 0.333. The summed E-state index contributed by atoms with van der Waals surface area (Å²) in [5.41, 5.74) is 2.23. The lowest BCUT2D eigenvalue weighted by molar-refractivity contribution is 0.0700. The number of aromatic nitrogens is 4. The Morgan fingerprint density at radius 2 is 1.93 bits per heavy atom. The Bertz CT molecular complexity index is 956. The molecule has 29 heavy (non-hydrogen) atoms. The van der Waals surface area contributed by atoms with Gasteiger partial charge < -0.3 is 10.2 Å². The van der Waals surface area contributed by atoms with Crippen LogP contribution in [0.1, 0.15) is 29.8 Å². The van der Waals surface area contributed by atoms with E-state index in [1.54, 1.807) is 29.6 Å². The minimum atomic E-state index is -0.0782. The molecule has 0 aliphatic rings. The first-order valence-corrected chi connectivity index (χ1v) is 9.84. The molecule has 7 nitrogen and oxygen atoms in total. The molecule has 0 bridgehead atoms. The number of pyridine rings is 1. The Kier molecular flexibility index (Phi) is 6.49. The molecule has 2 heterocycles. The summed E-state index contributed by atoms with van der Waals surface area (Å²) < 4.78 is 0. The van der Waals surface area contributed by atoms with Gasteiger partial charge in [0.05, 0.1) is 34.7 Å². The molecule has 1 amide bonds. The van der Waals surface area contributed by atoms with Gasteiger partial charge in [0.15, 0.2) is 0 Å². The Balaban J connectivity index is 1.83. The van der Waals surface area contributed by atoms with E-state index in [0.29, 0.717) is 22.8 Å². The quantitative estimate of drug-likeness (QED) is 0.638. The molecule has 3 aromatic rings. The topological polar surface area (TPSA) is 75.9 Å². The van der Waals surface area contributed by atoms with Crippen molar-refractivity contribution in [1.82, 2.24) is 24.9 Å². The van der Waals surface area contributed by atoms with E-state index < -0.39 is 0 Å². The highest BCUT2D eigenvalue weighted by molar-refractivity contribution is 6.30. The lowest BCUT2D eigenvalue weighted by atomic mass is 10.0. The van der Waals surface area contributed by atoms with Crippen LogP contribution in [-0.2, 0) is 0 Å². The monoisotopic (exact) mass is 412 g/mol. The van der Waals surface area contributed by atoms with Crippen molar-refractivity contribution in [2.45, 2.75) is 26.8 Å². The molecule has 1 atom stereocenters. The first kappa shape index (κ1) is 20.8. The van der Waals surface area contributed by atoms with Crippen LogP contribution in [0.3, 0.4) is 0 Å². The van der Waals surface area contributed by atoms with Crippen LogP contribution in [0, 0.1) is 12.8 Å². The second-order valence-electron chi connectivity index (χ2n) is 7.31. The number of hydrogen-bond acceptors (Lipinski definition) is 5. The minimum Gasteiger partial charge on any atom is -0.368 e. The van der Waals surface area contributed by atoms with E-state index in [9.17, 15) is 4.79 Å². The molecular formula is C21H25ClN6O. The van der Waals surface area contributed by atoms with Gasteiger partial charge in [-0.15, -0.1) is 0 Å². The molecule has 0 unspecified atom stereocenters. The van der Waals surface area contributed by atoms with Gasteiger partial charge in [0.1, 0.15) is 5.82 Å². The Labute approximate surface area is 175 Å². The molecule has 152 valence electrons. The van der Waals surface area contributed by atoms with E-state index in [2.05, 4.69) is 34.3 Å². The van der Waals surface area contributed by atoms with Gasteiger partial charge in [0.2, 0.25) is 0 Å². The van der Waals surface area contributed by atoms with Crippen LogP contribution in [0.25, 0.3) is 5.69 Å².